The van der Waals surface area contributed by atoms with Gasteiger partial charge in [-0.3, -0.25) is 9.10 Å². The Kier molecular flexibility index (Phi) is 6.87. The maximum absolute atomic E-state index is 13.7. The molecule has 5 rings (SSSR count). The van der Waals surface area contributed by atoms with Gasteiger partial charge in [-0.1, -0.05) is 60.7 Å². The predicted molar refractivity (Wildman–Crippen MR) is 140 cm³/mol. The van der Waals surface area contributed by atoms with Gasteiger partial charge in [0.25, 0.3) is 15.9 Å². The van der Waals surface area contributed by atoms with Crippen LogP contribution in [-0.4, -0.2) is 27.3 Å². The minimum atomic E-state index is -3.99. The molecule has 0 unspecified atom stereocenters. The zero-order valence-electron chi connectivity index (χ0n) is 19.7. The standard InChI is InChI=1S/C28H23N3O5S/c32-28(30-29-18-22-15-16-26-27(17-22)36-20-35-26)24-13-7-8-14-25(24)31(19-21-9-3-1-4-10-21)37(33,34)23-11-5-2-6-12-23/h1-18H,19-20H2,(H,30,32). The Hall–Kier alpha value is -4.63. The molecule has 9 heteroatoms. The van der Waals surface area contributed by atoms with Crippen molar-refractivity contribution in [2.75, 3.05) is 11.1 Å². The first-order valence-corrected chi connectivity index (χ1v) is 12.9. The number of nitrogens with zero attached hydrogens (tertiary/aromatic N) is 2. The van der Waals surface area contributed by atoms with Crippen molar-refractivity contribution in [1.29, 1.82) is 0 Å². The van der Waals surface area contributed by atoms with Crippen LogP contribution in [-0.2, 0) is 16.6 Å². The van der Waals surface area contributed by atoms with Gasteiger partial charge in [0, 0.05) is 0 Å². The number of amides is 1. The Morgan fingerprint density at radius 3 is 2.32 bits per heavy atom. The molecule has 1 aliphatic rings. The number of rotatable bonds is 8. The van der Waals surface area contributed by atoms with Crippen LogP contribution in [0.25, 0.3) is 0 Å². The van der Waals surface area contributed by atoms with Gasteiger partial charge in [0.15, 0.2) is 11.5 Å². The van der Waals surface area contributed by atoms with Crippen LogP contribution in [0.4, 0.5) is 5.69 Å². The minimum Gasteiger partial charge on any atom is -0.454 e. The van der Waals surface area contributed by atoms with Crippen LogP contribution in [0.15, 0.2) is 113 Å². The highest BCUT2D eigenvalue weighted by atomic mass is 32.2. The van der Waals surface area contributed by atoms with Crippen molar-refractivity contribution in [1.82, 2.24) is 5.43 Å². The third-order valence-electron chi connectivity index (χ3n) is 5.69. The molecule has 0 saturated heterocycles. The molecule has 0 aromatic heterocycles. The van der Waals surface area contributed by atoms with Crippen molar-refractivity contribution in [3.63, 3.8) is 0 Å². The second kappa shape index (κ2) is 10.5. The minimum absolute atomic E-state index is 0.0445. The van der Waals surface area contributed by atoms with Crippen LogP contribution in [0.2, 0.25) is 0 Å². The number of hydrogen-bond acceptors (Lipinski definition) is 6. The van der Waals surface area contributed by atoms with Crippen LogP contribution >= 0.6 is 0 Å². The zero-order chi connectivity index (χ0) is 25.7. The molecule has 1 heterocycles. The van der Waals surface area contributed by atoms with Crippen LogP contribution in [0.1, 0.15) is 21.5 Å². The summed E-state index contributed by atoms with van der Waals surface area (Å²) in [4.78, 5) is 13.3. The van der Waals surface area contributed by atoms with Crippen LogP contribution in [0.3, 0.4) is 0 Å². The number of hydrazone groups is 1. The van der Waals surface area contributed by atoms with Gasteiger partial charge in [-0.2, -0.15) is 5.10 Å². The van der Waals surface area contributed by atoms with E-state index in [9.17, 15) is 13.2 Å². The van der Waals surface area contributed by atoms with E-state index in [1.54, 1.807) is 60.7 Å². The first kappa shape index (κ1) is 24.1. The maximum atomic E-state index is 13.7. The Labute approximate surface area is 214 Å². The Balaban J connectivity index is 1.45. The van der Waals surface area contributed by atoms with Gasteiger partial charge in [0.1, 0.15) is 0 Å². The molecular formula is C28H23N3O5S. The number of sulfonamides is 1. The Morgan fingerprint density at radius 1 is 0.865 bits per heavy atom. The second-order valence-corrected chi connectivity index (χ2v) is 10.0. The van der Waals surface area contributed by atoms with Gasteiger partial charge in [-0.15, -0.1) is 0 Å². The summed E-state index contributed by atoms with van der Waals surface area (Å²) < 4.78 is 39.4. The topological polar surface area (TPSA) is 97.3 Å². The smallest absolute Gasteiger partial charge is 0.273 e. The number of nitrogens with one attached hydrogen (secondary N) is 1. The molecule has 186 valence electrons. The summed E-state index contributed by atoms with van der Waals surface area (Å²) >= 11 is 0. The van der Waals surface area contributed by atoms with Crippen molar-refractivity contribution in [2.45, 2.75) is 11.4 Å². The lowest BCUT2D eigenvalue weighted by Crippen LogP contribution is -2.33. The molecule has 0 bridgehead atoms. The molecule has 0 aliphatic carbocycles. The highest BCUT2D eigenvalue weighted by molar-refractivity contribution is 7.92. The first-order valence-electron chi connectivity index (χ1n) is 11.5. The second-order valence-electron chi connectivity index (χ2n) is 8.14. The molecule has 4 aromatic carbocycles. The van der Waals surface area contributed by atoms with Crippen molar-refractivity contribution >= 4 is 27.8 Å². The van der Waals surface area contributed by atoms with E-state index in [0.717, 1.165) is 5.56 Å². The fourth-order valence-corrected chi connectivity index (χ4v) is 5.36. The fraction of sp³-hybridized carbons (Fsp3) is 0.0714. The number of hydrogen-bond donors (Lipinski definition) is 1. The van der Waals surface area contributed by atoms with Crippen LogP contribution in [0.5, 0.6) is 11.5 Å². The molecular weight excluding hydrogens is 490 g/mol. The number of ether oxygens (including phenoxy) is 2. The lowest BCUT2D eigenvalue weighted by Gasteiger charge is -2.26. The molecule has 4 aromatic rings. The van der Waals surface area contributed by atoms with Gasteiger partial charge in [-0.05, 0) is 53.6 Å². The number of carbonyl (C=O) groups excluding carboxylic acids is 1. The summed E-state index contributed by atoms with van der Waals surface area (Å²) in [7, 11) is -3.99. The molecule has 1 N–H and O–H groups in total. The number of benzene rings is 4. The largest absolute Gasteiger partial charge is 0.454 e. The Bertz CT molecular complexity index is 1540. The third kappa shape index (κ3) is 5.31. The van der Waals surface area contributed by atoms with Gasteiger partial charge < -0.3 is 9.47 Å². The van der Waals surface area contributed by atoms with Crippen molar-refractivity contribution in [2.24, 2.45) is 5.10 Å². The van der Waals surface area contributed by atoms with Crippen molar-refractivity contribution in [3.8, 4) is 11.5 Å². The monoisotopic (exact) mass is 513 g/mol. The molecule has 0 atom stereocenters. The molecule has 1 aliphatic heterocycles. The summed E-state index contributed by atoms with van der Waals surface area (Å²) in [6, 6.07) is 29.2. The van der Waals surface area contributed by atoms with E-state index in [4.69, 9.17) is 9.47 Å². The number of anilines is 1. The van der Waals surface area contributed by atoms with Crippen LogP contribution < -0.4 is 19.2 Å². The SMILES string of the molecule is O=C(NN=Cc1ccc2c(c1)OCO2)c1ccccc1N(Cc1ccccc1)S(=O)(=O)c1ccccc1. The van der Waals surface area contributed by atoms with Gasteiger partial charge in [0.2, 0.25) is 6.79 Å². The van der Waals surface area contributed by atoms with E-state index in [2.05, 4.69) is 10.5 Å². The average Bonchev–Trinajstić information content (AvgIpc) is 3.41. The normalized spacial score (nSPS) is 12.4. The van der Waals surface area contributed by atoms with E-state index in [1.165, 1.54) is 22.7 Å². The van der Waals surface area contributed by atoms with Crippen molar-refractivity contribution in [3.05, 3.63) is 120 Å². The maximum Gasteiger partial charge on any atom is 0.273 e. The Morgan fingerprint density at radius 2 is 1.54 bits per heavy atom. The lowest BCUT2D eigenvalue weighted by atomic mass is 10.1. The van der Waals surface area contributed by atoms with Gasteiger partial charge in [0.05, 0.1) is 28.9 Å². The van der Waals surface area contributed by atoms with Crippen molar-refractivity contribution < 1.29 is 22.7 Å². The molecule has 0 saturated carbocycles. The number of para-hydroxylation sites is 1. The quantitative estimate of drug-likeness (QED) is 0.275. The third-order valence-corrected chi connectivity index (χ3v) is 7.47. The summed E-state index contributed by atoms with van der Waals surface area (Å²) in [5.41, 5.74) is 4.39. The van der Waals surface area contributed by atoms with Gasteiger partial charge in [-0.25, -0.2) is 13.8 Å². The predicted octanol–water partition coefficient (Wildman–Crippen LogP) is 4.57. The summed E-state index contributed by atoms with van der Waals surface area (Å²) in [6.07, 6.45) is 1.48. The summed E-state index contributed by atoms with van der Waals surface area (Å²) in [5.74, 6) is 0.699. The highest BCUT2D eigenvalue weighted by Gasteiger charge is 2.28. The average molecular weight is 514 g/mol. The van der Waals surface area contributed by atoms with Gasteiger partial charge >= 0.3 is 0 Å². The summed E-state index contributed by atoms with van der Waals surface area (Å²) in [5, 5.41) is 4.06. The zero-order valence-corrected chi connectivity index (χ0v) is 20.5. The van der Waals surface area contributed by atoms with Crippen LogP contribution in [0, 0.1) is 0 Å². The van der Waals surface area contributed by atoms with E-state index in [-0.39, 0.29) is 29.5 Å². The number of carbonyl (C=O) groups is 1. The molecule has 1 amide bonds. The first-order chi connectivity index (χ1) is 18.0. The molecule has 0 spiro atoms. The number of fused-ring (bicyclic) bond motifs is 1. The molecule has 8 nitrogen and oxygen atoms in total. The molecule has 37 heavy (non-hydrogen) atoms. The molecule has 0 fully saturated rings. The summed E-state index contributed by atoms with van der Waals surface area (Å²) in [6.45, 7) is 0.206. The van der Waals surface area contributed by atoms with E-state index in [0.29, 0.717) is 17.1 Å². The lowest BCUT2D eigenvalue weighted by molar-refractivity contribution is 0.0955. The van der Waals surface area contributed by atoms with E-state index in [1.807, 2.05) is 30.3 Å². The van der Waals surface area contributed by atoms with E-state index >= 15 is 0 Å². The molecule has 0 radical (unpaired) electrons. The van der Waals surface area contributed by atoms with E-state index < -0.39 is 15.9 Å². The highest BCUT2D eigenvalue weighted by Crippen LogP contribution is 2.32. The fourth-order valence-electron chi connectivity index (χ4n) is 3.87.